The Kier molecular flexibility index (Phi) is 4.09. The summed E-state index contributed by atoms with van der Waals surface area (Å²) in [6.07, 6.45) is 9.07. The molecule has 0 spiro atoms. The standard InChI is InChI=1S/C21H23N7/c1-14-8-21-23-11-19(28(21)13-17(14)15-9-24-27(2)12-15)18-4-3-5-20(26-18)25-16-6-7-22-10-16/h3-5,8-9,11-13,16,22H,6-7,10H2,1-2H3,(H,25,26)/t16-/m1/s1. The number of anilines is 1. The third-order valence-corrected chi connectivity index (χ3v) is 5.29. The minimum Gasteiger partial charge on any atom is -0.366 e. The van der Waals surface area contributed by atoms with Gasteiger partial charge in [0.2, 0.25) is 0 Å². The van der Waals surface area contributed by atoms with E-state index in [2.05, 4.69) is 44.3 Å². The topological polar surface area (TPSA) is 72.1 Å². The van der Waals surface area contributed by atoms with Crippen LogP contribution >= 0.6 is 0 Å². The third-order valence-electron chi connectivity index (χ3n) is 5.29. The fraction of sp³-hybridized carbons (Fsp3) is 0.286. The first-order valence-corrected chi connectivity index (χ1v) is 9.59. The zero-order chi connectivity index (χ0) is 19.1. The second-order valence-electron chi connectivity index (χ2n) is 7.39. The molecule has 5 heterocycles. The molecule has 4 aromatic heterocycles. The van der Waals surface area contributed by atoms with Crippen molar-refractivity contribution in [1.82, 2.24) is 29.5 Å². The number of aryl methyl sites for hydroxylation is 2. The van der Waals surface area contributed by atoms with E-state index < -0.39 is 0 Å². The number of imidazole rings is 1. The molecule has 1 atom stereocenters. The molecule has 0 radical (unpaired) electrons. The van der Waals surface area contributed by atoms with Crippen LogP contribution < -0.4 is 10.6 Å². The molecule has 2 N–H and O–H groups in total. The maximum Gasteiger partial charge on any atom is 0.137 e. The lowest BCUT2D eigenvalue weighted by Gasteiger charge is -2.13. The fourth-order valence-electron chi connectivity index (χ4n) is 3.82. The highest BCUT2D eigenvalue weighted by molar-refractivity contribution is 5.70. The van der Waals surface area contributed by atoms with Gasteiger partial charge in [-0.15, -0.1) is 0 Å². The molecule has 1 saturated heterocycles. The minimum absolute atomic E-state index is 0.435. The van der Waals surface area contributed by atoms with Crippen LogP contribution in [0.3, 0.4) is 0 Å². The van der Waals surface area contributed by atoms with E-state index in [1.807, 2.05) is 48.5 Å². The van der Waals surface area contributed by atoms with Crippen LogP contribution in [0.25, 0.3) is 28.2 Å². The Hall–Kier alpha value is -3.19. The van der Waals surface area contributed by atoms with Gasteiger partial charge >= 0.3 is 0 Å². The van der Waals surface area contributed by atoms with Gasteiger partial charge in [-0.2, -0.15) is 5.10 Å². The van der Waals surface area contributed by atoms with Gasteiger partial charge in [0.15, 0.2) is 0 Å². The molecule has 5 rings (SSSR count). The molecule has 7 heteroatoms. The van der Waals surface area contributed by atoms with Crippen LogP contribution in [0, 0.1) is 6.92 Å². The smallest absolute Gasteiger partial charge is 0.137 e. The molecule has 0 bridgehead atoms. The van der Waals surface area contributed by atoms with Crippen LogP contribution in [0.5, 0.6) is 0 Å². The van der Waals surface area contributed by atoms with Crippen molar-refractivity contribution in [3.05, 3.63) is 54.6 Å². The average Bonchev–Trinajstić information content (AvgIpc) is 3.42. The van der Waals surface area contributed by atoms with Gasteiger partial charge in [-0.25, -0.2) is 9.97 Å². The van der Waals surface area contributed by atoms with Crippen LogP contribution in [0.15, 0.2) is 49.1 Å². The van der Waals surface area contributed by atoms with Gasteiger partial charge in [0, 0.05) is 43.2 Å². The first-order valence-electron chi connectivity index (χ1n) is 9.59. The molecular formula is C21H23N7. The maximum absolute atomic E-state index is 4.84. The van der Waals surface area contributed by atoms with Crippen LogP contribution in [-0.2, 0) is 7.05 Å². The zero-order valence-electron chi connectivity index (χ0n) is 16.1. The third kappa shape index (κ3) is 3.03. The van der Waals surface area contributed by atoms with Gasteiger partial charge < -0.3 is 10.6 Å². The quantitative estimate of drug-likeness (QED) is 0.576. The summed E-state index contributed by atoms with van der Waals surface area (Å²) in [5.74, 6) is 0.903. The van der Waals surface area contributed by atoms with Crippen LogP contribution in [0.2, 0.25) is 0 Å². The van der Waals surface area contributed by atoms with E-state index in [1.54, 1.807) is 0 Å². The number of nitrogens with one attached hydrogen (secondary N) is 2. The summed E-state index contributed by atoms with van der Waals surface area (Å²) in [6, 6.07) is 8.65. The first kappa shape index (κ1) is 16.9. The Labute approximate surface area is 163 Å². The van der Waals surface area contributed by atoms with Crippen molar-refractivity contribution in [3.63, 3.8) is 0 Å². The Morgan fingerprint density at radius 3 is 2.93 bits per heavy atom. The number of hydrogen-bond acceptors (Lipinski definition) is 5. The fourth-order valence-corrected chi connectivity index (χ4v) is 3.82. The molecule has 0 aromatic carbocycles. The molecule has 0 aliphatic carbocycles. The Morgan fingerprint density at radius 2 is 2.14 bits per heavy atom. The van der Waals surface area contributed by atoms with Crippen molar-refractivity contribution in [3.8, 4) is 22.5 Å². The summed E-state index contributed by atoms with van der Waals surface area (Å²) >= 11 is 0. The second-order valence-corrected chi connectivity index (χ2v) is 7.39. The second kappa shape index (κ2) is 6.76. The monoisotopic (exact) mass is 373 g/mol. The number of nitrogens with zero attached hydrogens (tertiary/aromatic N) is 5. The molecule has 7 nitrogen and oxygen atoms in total. The highest BCUT2D eigenvalue weighted by Crippen LogP contribution is 2.27. The van der Waals surface area contributed by atoms with E-state index in [0.717, 1.165) is 53.5 Å². The van der Waals surface area contributed by atoms with Crippen molar-refractivity contribution in [2.24, 2.45) is 7.05 Å². The van der Waals surface area contributed by atoms with E-state index >= 15 is 0 Å². The summed E-state index contributed by atoms with van der Waals surface area (Å²) < 4.78 is 3.93. The van der Waals surface area contributed by atoms with Crippen molar-refractivity contribution < 1.29 is 0 Å². The number of rotatable bonds is 4. The van der Waals surface area contributed by atoms with E-state index in [0.29, 0.717) is 6.04 Å². The van der Waals surface area contributed by atoms with Crippen molar-refractivity contribution in [2.75, 3.05) is 18.4 Å². The molecule has 0 saturated carbocycles. The number of fused-ring (bicyclic) bond motifs is 1. The maximum atomic E-state index is 4.84. The summed E-state index contributed by atoms with van der Waals surface area (Å²) in [5.41, 5.74) is 6.22. The molecule has 28 heavy (non-hydrogen) atoms. The van der Waals surface area contributed by atoms with Gasteiger partial charge in [0.05, 0.1) is 23.8 Å². The molecule has 4 aromatic rings. The van der Waals surface area contributed by atoms with Gasteiger partial charge in [-0.05, 0) is 43.7 Å². The highest BCUT2D eigenvalue weighted by Gasteiger charge is 2.16. The lowest BCUT2D eigenvalue weighted by atomic mass is 10.1. The van der Waals surface area contributed by atoms with E-state index in [1.165, 1.54) is 5.56 Å². The molecular weight excluding hydrogens is 350 g/mol. The summed E-state index contributed by atoms with van der Waals surface area (Å²) in [4.78, 5) is 9.44. The van der Waals surface area contributed by atoms with Crippen molar-refractivity contribution in [1.29, 1.82) is 0 Å². The van der Waals surface area contributed by atoms with Crippen LogP contribution in [-0.4, -0.2) is 43.3 Å². The molecule has 1 aliphatic rings. The molecule has 1 fully saturated rings. The predicted molar refractivity (Wildman–Crippen MR) is 110 cm³/mol. The predicted octanol–water partition coefficient (Wildman–Crippen LogP) is 2.88. The van der Waals surface area contributed by atoms with Crippen molar-refractivity contribution >= 4 is 11.5 Å². The Morgan fingerprint density at radius 1 is 1.21 bits per heavy atom. The summed E-state index contributed by atoms with van der Waals surface area (Å²) in [7, 11) is 1.93. The summed E-state index contributed by atoms with van der Waals surface area (Å²) in [5, 5.41) is 11.2. The summed E-state index contributed by atoms with van der Waals surface area (Å²) in [6.45, 7) is 4.14. The lowest BCUT2D eigenvalue weighted by molar-refractivity contribution is 0.768. The van der Waals surface area contributed by atoms with E-state index in [-0.39, 0.29) is 0 Å². The SMILES string of the molecule is Cc1cc2ncc(-c3cccc(N[C@@H]4CCNC4)n3)n2cc1-c1cnn(C)c1. The van der Waals surface area contributed by atoms with Crippen LogP contribution in [0.1, 0.15) is 12.0 Å². The number of pyridine rings is 2. The normalized spacial score (nSPS) is 16.7. The van der Waals surface area contributed by atoms with Gasteiger partial charge in [-0.3, -0.25) is 9.08 Å². The van der Waals surface area contributed by atoms with Crippen molar-refractivity contribution in [2.45, 2.75) is 19.4 Å². The Balaban J connectivity index is 1.55. The minimum atomic E-state index is 0.435. The van der Waals surface area contributed by atoms with Gasteiger partial charge in [-0.1, -0.05) is 6.07 Å². The van der Waals surface area contributed by atoms with Gasteiger partial charge in [0.1, 0.15) is 11.5 Å². The molecule has 0 amide bonds. The molecule has 0 unspecified atom stereocenters. The zero-order valence-corrected chi connectivity index (χ0v) is 16.1. The van der Waals surface area contributed by atoms with Crippen LogP contribution in [0.4, 0.5) is 5.82 Å². The number of aromatic nitrogens is 5. The number of hydrogen-bond donors (Lipinski definition) is 2. The average molecular weight is 373 g/mol. The van der Waals surface area contributed by atoms with E-state index in [4.69, 9.17) is 4.98 Å². The molecule has 142 valence electrons. The highest BCUT2D eigenvalue weighted by atomic mass is 15.2. The van der Waals surface area contributed by atoms with Gasteiger partial charge in [0.25, 0.3) is 0 Å². The molecule has 1 aliphatic heterocycles. The van der Waals surface area contributed by atoms with E-state index in [9.17, 15) is 0 Å². The first-order chi connectivity index (χ1) is 13.7. The largest absolute Gasteiger partial charge is 0.366 e. The Bertz CT molecular complexity index is 1130. The lowest BCUT2D eigenvalue weighted by Crippen LogP contribution is -2.22.